The summed E-state index contributed by atoms with van der Waals surface area (Å²) in [5.74, 6) is -0.481. The summed E-state index contributed by atoms with van der Waals surface area (Å²) in [6.07, 6.45) is 0. The molecule has 27 heavy (non-hydrogen) atoms. The van der Waals surface area contributed by atoms with Gasteiger partial charge in [-0.05, 0) is 30.3 Å². The fourth-order valence-corrected chi connectivity index (χ4v) is 3.25. The third-order valence-corrected chi connectivity index (χ3v) is 4.51. The highest BCUT2D eigenvalue weighted by Crippen LogP contribution is 2.30. The molecule has 0 radical (unpaired) electrons. The first kappa shape index (κ1) is 15.5. The quantitative estimate of drug-likeness (QED) is 0.450. The average Bonchev–Trinajstić information content (AvgIpc) is 3.10. The van der Waals surface area contributed by atoms with Gasteiger partial charge in [0.05, 0.1) is 11.1 Å². The maximum atomic E-state index is 13.7. The molecule has 0 bridgehead atoms. The SMILES string of the molecule is O=c1c2cc(F)ccc2oc2c1c(-c1ccccc1)nn2-c1ccccc1. The molecule has 4 nitrogen and oxygen atoms in total. The van der Waals surface area contributed by atoms with Crippen LogP contribution in [-0.4, -0.2) is 9.78 Å². The lowest BCUT2D eigenvalue weighted by Crippen LogP contribution is -2.03. The van der Waals surface area contributed by atoms with Gasteiger partial charge in [0, 0.05) is 5.56 Å². The first-order chi connectivity index (χ1) is 13.2. The minimum Gasteiger partial charge on any atom is -0.437 e. The second-order valence-corrected chi connectivity index (χ2v) is 6.21. The molecule has 0 atom stereocenters. The third-order valence-electron chi connectivity index (χ3n) is 4.51. The molecule has 0 unspecified atom stereocenters. The molecule has 130 valence electrons. The summed E-state index contributed by atoms with van der Waals surface area (Å²) < 4.78 is 21.3. The van der Waals surface area contributed by atoms with Crippen LogP contribution in [0.2, 0.25) is 0 Å². The van der Waals surface area contributed by atoms with Crippen molar-refractivity contribution in [3.05, 3.63) is 94.9 Å². The average molecular weight is 356 g/mol. The van der Waals surface area contributed by atoms with E-state index >= 15 is 0 Å². The number of hydrogen-bond donors (Lipinski definition) is 0. The molecule has 5 heteroatoms. The van der Waals surface area contributed by atoms with Crippen LogP contribution in [0.4, 0.5) is 4.39 Å². The van der Waals surface area contributed by atoms with E-state index in [0.717, 1.165) is 11.3 Å². The van der Waals surface area contributed by atoms with Crippen molar-refractivity contribution < 1.29 is 8.81 Å². The van der Waals surface area contributed by atoms with Crippen LogP contribution in [0.5, 0.6) is 0 Å². The van der Waals surface area contributed by atoms with Crippen LogP contribution < -0.4 is 5.43 Å². The van der Waals surface area contributed by atoms with Gasteiger partial charge in [-0.1, -0.05) is 48.5 Å². The molecule has 0 saturated heterocycles. The Morgan fingerprint density at radius 1 is 0.889 bits per heavy atom. The normalized spacial score (nSPS) is 11.3. The van der Waals surface area contributed by atoms with E-state index < -0.39 is 5.82 Å². The Kier molecular flexibility index (Phi) is 3.40. The molecule has 2 heterocycles. The van der Waals surface area contributed by atoms with E-state index in [9.17, 15) is 9.18 Å². The number of fused-ring (bicyclic) bond motifs is 2. The van der Waals surface area contributed by atoms with E-state index in [1.807, 2.05) is 60.7 Å². The van der Waals surface area contributed by atoms with Crippen molar-refractivity contribution in [3.63, 3.8) is 0 Å². The lowest BCUT2D eigenvalue weighted by Gasteiger charge is -2.03. The number of halogens is 1. The summed E-state index contributed by atoms with van der Waals surface area (Å²) in [5.41, 5.74) is 2.44. The van der Waals surface area contributed by atoms with Gasteiger partial charge >= 0.3 is 0 Å². The Morgan fingerprint density at radius 3 is 2.33 bits per heavy atom. The number of para-hydroxylation sites is 1. The van der Waals surface area contributed by atoms with Gasteiger partial charge in [-0.15, -0.1) is 0 Å². The summed E-state index contributed by atoms with van der Waals surface area (Å²) in [6.45, 7) is 0. The smallest absolute Gasteiger partial charge is 0.234 e. The lowest BCUT2D eigenvalue weighted by molar-refractivity contribution is 0.611. The van der Waals surface area contributed by atoms with Crippen LogP contribution in [-0.2, 0) is 0 Å². The number of rotatable bonds is 2. The Labute approximate surface area is 153 Å². The minimum atomic E-state index is -0.481. The van der Waals surface area contributed by atoms with Crippen molar-refractivity contribution in [2.75, 3.05) is 0 Å². The molecule has 5 rings (SSSR count). The van der Waals surface area contributed by atoms with Crippen LogP contribution >= 0.6 is 0 Å². The summed E-state index contributed by atoms with van der Waals surface area (Å²) in [7, 11) is 0. The largest absolute Gasteiger partial charge is 0.437 e. The van der Waals surface area contributed by atoms with Crippen LogP contribution in [0, 0.1) is 5.82 Å². The van der Waals surface area contributed by atoms with Crippen molar-refractivity contribution in [2.24, 2.45) is 0 Å². The Hall–Kier alpha value is -3.73. The minimum absolute atomic E-state index is 0.201. The lowest BCUT2D eigenvalue weighted by atomic mass is 10.1. The zero-order valence-electron chi connectivity index (χ0n) is 14.1. The first-order valence-corrected chi connectivity index (χ1v) is 8.48. The molecule has 0 N–H and O–H groups in total. The molecule has 0 aliphatic heterocycles. The molecule has 0 aliphatic carbocycles. The maximum absolute atomic E-state index is 13.7. The highest BCUT2D eigenvalue weighted by molar-refractivity contribution is 5.97. The topological polar surface area (TPSA) is 48.0 Å². The highest BCUT2D eigenvalue weighted by atomic mass is 19.1. The predicted molar refractivity (Wildman–Crippen MR) is 103 cm³/mol. The van der Waals surface area contributed by atoms with E-state index in [0.29, 0.717) is 22.4 Å². The standard InChI is InChI=1S/C22H13FN2O2/c23-15-11-12-18-17(13-15)21(26)19-20(14-7-3-1-4-8-14)24-25(22(19)27-18)16-9-5-2-6-10-16/h1-13H. The van der Waals surface area contributed by atoms with E-state index in [-0.39, 0.29) is 10.8 Å². The maximum Gasteiger partial charge on any atom is 0.234 e. The van der Waals surface area contributed by atoms with Crippen LogP contribution in [0.15, 0.2) is 88.1 Å². The van der Waals surface area contributed by atoms with E-state index in [4.69, 9.17) is 4.42 Å². The molecular formula is C22H13FN2O2. The molecule has 0 aliphatic rings. The number of nitrogens with zero attached hydrogens (tertiary/aromatic N) is 2. The van der Waals surface area contributed by atoms with Crippen LogP contribution in [0.3, 0.4) is 0 Å². The van der Waals surface area contributed by atoms with E-state index in [1.165, 1.54) is 18.2 Å². The second kappa shape index (κ2) is 5.92. The fraction of sp³-hybridized carbons (Fsp3) is 0. The molecular weight excluding hydrogens is 343 g/mol. The fourth-order valence-electron chi connectivity index (χ4n) is 3.25. The van der Waals surface area contributed by atoms with Crippen molar-refractivity contribution >= 4 is 22.1 Å². The monoisotopic (exact) mass is 356 g/mol. The van der Waals surface area contributed by atoms with E-state index in [1.54, 1.807) is 4.68 Å². The summed E-state index contributed by atoms with van der Waals surface area (Å²) in [6, 6.07) is 22.8. The van der Waals surface area contributed by atoms with Crippen molar-refractivity contribution in [1.82, 2.24) is 9.78 Å². The summed E-state index contributed by atoms with van der Waals surface area (Å²) in [5, 5.41) is 5.20. The van der Waals surface area contributed by atoms with Gasteiger partial charge in [0.15, 0.2) is 0 Å². The Morgan fingerprint density at radius 2 is 1.59 bits per heavy atom. The molecule has 2 aromatic heterocycles. The Bertz CT molecular complexity index is 1340. The molecule has 5 aromatic rings. The van der Waals surface area contributed by atoms with Gasteiger partial charge in [0.25, 0.3) is 0 Å². The van der Waals surface area contributed by atoms with Gasteiger partial charge in [-0.2, -0.15) is 9.78 Å². The van der Waals surface area contributed by atoms with Crippen molar-refractivity contribution in [2.45, 2.75) is 0 Å². The molecule has 0 fully saturated rings. The van der Waals surface area contributed by atoms with Crippen LogP contribution in [0.25, 0.3) is 39.0 Å². The number of benzene rings is 3. The van der Waals surface area contributed by atoms with Crippen LogP contribution in [0.1, 0.15) is 0 Å². The van der Waals surface area contributed by atoms with Gasteiger partial charge in [-0.3, -0.25) is 4.79 Å². The third kappa shape index (κ3) is 2.44. The first-order valence-electron chi connectivity index (χ1n) is 8.48. The van der Waals surface area contributed by atoms with Crippen molar-refractivity contribution in [1.29, 1.82) is 0 Å². The Balaban J connectivity index is 1.96. The number of aromatic nitrogens is 2. The van der Waals surface area contributed by atoms with Gasteiger partial charge in [0.2, 0.25) is 11.1 Å². The van der Waals surface area contributed by atoms with E-state index in [2.05, 4.69) is 5.10 Å². The highest BCUT2D eigenvalue weighted by Gasteiger charge is 2.21. The van der Waals surface area contributed by atoms with Gasteiger partial charge < -0.3 is 4.42 Å². The predicted octanol–water partition coefficient (Wildman–Crippen LogP) is 4.94. The molecule has 3 aromatic carbocycles. The van der Waals surface area contributed by atoms with Gasteiger partial charge in [0.1, 0.15) is 22.5 Å². The van der Waals surface area contributed by atoms with Gasteiger partial charge in [-0.25, -0.2) is 4.39 Å². The summed E-state index contributed by atoms with van der Waals surface area (Å²) in [4.78, 5) is 13.2. The molecule has 0 saturated carbocycles. The zero-order chi connectivity index (χ0) is 18.4. The summed E-state index contributed by atoms with van der Waals surface area (Å²) >= 11 is 0. The molecule has 0 spiro atoms. The number of hydrogen-bond acceptors (Lipinski definition) is 3. The zero-order valence-corrected chi connectivity index (χ0v) is 14.1. The second-order valence-electron chi connectivity index (χ2n) is 6.21. The molecule has 0 amide bonds. The van der Waals surface area contributed by atoms with Crippen molar-refractivity contribution in [3.8, 4) is 16.9 Å².